The van der Waals surface area contributed by atoms with Gasteiger partial charge in [0.15, 0.2) is 15.2 Å². The zero-order chi connectivity index (χ0) is 13.7. The fraction of sp³-hybridized carbons (Fsp3) is 0.364. The third-order valence-corrected chi connectivity index (χ3v) is 3.76. The summed E-state index contributed by atoms with van der Waals surface area (Å²) in [5, 5.41) is 3.93. The topological polar surface area (TPSA) is 69.0 Å². The lowest BCUT2D eigenvalue weighted by molar-refractivity contribution is 0.0606. The number of aromatic nitrogens is 3. The van der Waals surface area contributed by atoms with Crippen molar-refractivity contribution in [3.05, 3.63) is 28.8 Å². The molecule has 102 valence electrons. The molecule has 2 heterocycles. The third-order valence-electron chi connectivity index (χ3n) is 2.39. The van der Waals surface area contributed by atoms with Crippen LogP contribution in [-0.2, 0) is 11.3 Å². The molecular formula is C11H13ClN4O2S. The quantitative estimate of drug-likeness (QED) is 0.655. The molecular weight excluding hydrogens is 288 g/mol. The van der Waals surface area contributed by atoms with Gasteiger partial charge in [0.05, 0.1) is 13.4 Å². The first kappa shape index (κ1) is 13.8. The van der Waals surface area contributed by atoms with Crippen molar-refractivity contribution in [2.24, 2.45) is 0 Å². The number of ether oxygens (including phenoxy) is 1. The average Bonchev–Trinajstić information content (AvgIpc) is 3.03. The zero-order valence-corrected chi connectivity index (χ0v) is 11.9. The van der Waals surface area contributed by atoms with Crippen LogP contribution >= 0.6 is 22.9 Å². The smallest absolute Gasteiger partial charge is 0.351 e. The zero-order valence-electron chi connectivity index (χ0n) is 10.3. The van der Waals surface area contributed by atoms with E-state index in [4.69, 9.17) is 11.6 Å². The van der Waals surface area contributed by atoms with Crippen LogP contribution in [0.5, 0.6) is 0 Å². The maximum absolute atomic E-state index is 11.4. The number of hydrogen-bond acceptors (Lipinski definition) is 6. The highest BCUT2D eigenvalue weighted by atomic mass is 35.5. The minimum absolute atomic E-state index is 0.175. The molecule has 2 aromatic heterocycles. The van der Waals surface area contributed by atoms with E-state index in [-0.39, 0.29) is 5.15 Å². The molecule has 19 heavy (non-hydrogen) atoms. The number of halogens is 1. The van der Waals surface area contributed by atoms with E-state index in [0.29, 0.717) is 10.0 Å². The van der Waals surface area contributed by atoms with Gasteiger partial charge < -0.3 is 14.6 Å². The van der Waals surface area contributed by atoms with Crippen LogP contribution in [0.4, 0.5) is 5.13 Å². The van der Waals surface area contributed by atoms with Gasteiger partial charge in [0.1, 0.15) is 0 Å². The Hall–Kier alpha value is -1.60. The number of imidazole rings is 1. The van der Waals surface area contributed by atoms with E-state index < -0.39 is 5.97 Å². The van der Waals surface area contributed by atoms with Gasteiger partial charge in [-0.2, -0.15) is 0 Å². The number of hydrogen-bond donors (Lipinski definition) is 1. The van der Waals surface area contributed by atoms with Crippen LogP contribution in [0.15, 0.2) is 18.7 Å². The van der Waals surface area contributed by atoms with Crippen LogP contribution in [0.3, 0.4) is 0 Å². The van der Waals surface area contributed by atoms with Gasteiger partial charge in [-0.15, -0.1) is 0 Å². The second-order valence-electron chi connectivity index (χ2n) is 3.71. The Balaban J connectivity index is 1.81. The number of esters is 1. The molecule has 0 radical (unpaired) electrons. The molecule has 0 unspecified atom stereocenters. The minimum atomic E-state index is -0.464. The molecule has 1 N–H and O–H groups in total. The predicted molar refractivity (Wildman–Crippen MR) is 73.8 cm³/mol. The largest absolute Gasteiger partial charge is 0.465 e. The second kappa shape index (κ2) is 6.53. The van der Waals surface area contributed by atoms with E-state index in [9.17, 15) is 4.79 Å². The molecule has 8 heteroatoms. The molecule has 0 saturated carbocycles. The summed E-state index contributed by atoms with van der Waals surface area (Å²) in [6.07, 6.45) is 6.35. The Labute approximate surface area is 119 Å². The predicted octanol–water partition coefficient (Wildman–Crippen LogP) is 2.28. The number of methoxy groups -OCH3 is 1. The van der Waals surface area contributed by atoms with E-state index in [1.165, 1.54) is 18.4 Å². The van der Waals surface area contributed by atoms with Crippen LogP contribution in [0.2, 0.25) is 5.15 Å². The molecule has 0 atom stereocenters. The number of carbonyl (C=O) groups is 1. The molecule has 0 bridgehead atoms. The van der Waals surface area contributed by atoms with Crippen LogP contribution in [-0.4, -0.2) is 34.2 Å². The van der Waals surface area contributed by atoms with Crippen molar-refractivity contribution in [1.29, 1.82) is 0 Å². The Morgan fingerprint density at radius 3 is 3.16 bits per heavy atom. The van der Waals surface area contributed by atoms with Crippen molar-refractivity contribution >= 4 is 34.0 Å². The molecule has 0 spiro atoms. The van der Waals surface area contributed by atoms with Gasteiger partial charge in [-0.1, -0.05) is 22.9 Å². The first-order chi connectivity index (χ1) is 9.20. The lowest BCUT2D eigenvalue weighted by Crippen LogP contribution is -2.05. The number of carbonyl (C=O) groups excluding carboxylic acids is 1. The van der Waals surface area contributed by atoms with Crippen molar-refractivity contribution in [3.63, 3.8) is 0 Å². The van der Waals surface area contributed by atoms with Crippen LogP contribution in [0, 0.1) is 0 Å². The molecule has 0 saturated heterocycles. The Bertz CT molecular complexity index is 541. The molecule has 0 aromatic carbocycles. The number of nitrogens with one attached hydrogen (secondary N) is 1. The van der Waals surface area contributed by atoms with Crippen LogP contribution in [0.25, 0.3) is 0 Å². The Kier molecular flexibility index (Phi) is 4.75. The van der Waals surface area contributed by atoms with E-state index in [0.717, 1.165) is 19.5 Å². The molecule has 2 aromatic rings. The van der Waals surface area contributed by atoms with E-state index in [2.05, 4.69) is 20.0 Å². The maximum Gasteiger partial charge on any atom is 0.351 e. The van der Waals surface area contributed by atoms with Gasteiger partial charge in [-0.3, -0.25) is 0 Å². The SMILES string of the molecule is COC(=O)c1sc(NCCCn2ccnc2)nc1Cl. The normalized spacial score (nSPS) is 10.4. The summed E-state index contributed by atoms with van der Waals surface area (Å²) in [4.78, 5) is 19.7. The number of nitrogens with zero attached hydrogens (tertiary/aromatic N) is 3. The van der Waals surface area contributed by atoms with Crippen molar-refractivity contribution in [1.82, 2.24) is 14.5 Å². The van der Waals surface area contributed by atoms with Crippen molar-refractivity contribution in [3.8, 4) is 0 Å². The number of rotatable bonds is 6. The standard InChI is InChI=1S/C11H13ClN4O2S/c1-18-10(17)8-9(12)15-11(19-8)14-3-2-5-16-6-4-13-7-16/h4,6-7H,2-3,5H2,1H3,(H,14,15). The van der Waals surface area contributed by atoms with Gasteiger partial charge >= 0.3 is 5.97 Å². The van der Waals surface area contributed by atoms with Gasteiger partial charge in [-0.05, 0) is 6.42 Å². The first-order valence-corrected chi connectivity index (χ1v) is 6.84. The molecule has 2 rings (SSSR count). The molecule has 6 nitrogen and oxygen atoms in total. The monoisotopic (exact) mass is 300 g/mol. The second-order valence-corrected chi connectivity index (χ2v) is 5.07. The summed E-state index contributed by atoms with van der Waals surface area (Å²) in [5.74, 6) is -0.464. The van der Waals surface area contributed by atoms with E-state index >= 15 is 0 Å². The molecule has 0 fully saturated rings. The van der Waals surface area contributed by atoms with Gasteiger partial charge in [0.25, 0.3) is 0 Å². The Morgan fingerprint density at radius 2 is 2.47 bits per heavy atom. The highest BCUT2D eigenvalue weighted by molar-refractivity contribution is 7.18. The number of anilines is 1. The molecule has 0 aliphatic carbocycles. The minimum Gasteiger partial charge on any atom is -0.465 e. The summed E-state index contributed by atoms with van der Waals surface area (Å²) in [5.41, 5.74) is 0. The summed E-state index contributed by atoms with van der Waals surface area (Å²) in [6, 6.07) is 0. The van der Waals surface area contributed by atoms with Gasteiger partial charge in [-0.25, -0.2) is 14.8 Å². The lowest BCUT2D eigenvalue weighted by atomic mass is 10.4. The van der Waals surface area contributed by atoms with Crippen molar-refractivity contribution in [2.75, 3.05) is 19.0 Å². The number of thiazole rings is 1. The number of aryl methyl sites for hydroxylation is 1. The average molecular weight is 301 g/mol. The molecule has 0 amide bonds. The fourth-order valence-corrected chi connectivity index (χ4v) is 2.60. The molecule has 0 aliphatic rings. The highest BCUT2D eigenvalue weighted by Gasteiger charge is 2.16. The van der Waals surface area contributed by atoms with Gasteiger partial charge in [0.2, 0.25) is 0 Å². The van der Waals surface area contributed by atoms with Crippen molar-refractivity contribution < 1.29 is 9.53 Å². The summed E-state index contributed by atoms with van der Waals surface area (Å²) >= 11 is 7.05. The fourth-order valence-electron chi connectivity index (χ4n) is 1.47. The van der Waals surface area contributed by atoms with Crippen LogP contribution in [0.1, 0.15) is 16.1 Å². The summed E-state index contributed by atoms with van der Waals surface area (Å²) in [6.45, 7) is 1.61. The summed E-state index contributed by atoms with van der Waals surface area (Å²) < 4.78 is 6.61. The van der Waals surface area contributed by atoms with E-state index in [1.807, 2.05) is 10.8 Å². The lowest BCUT2D eigenvalue weighted by Gasteiger charge is -2.03. The maximum atomic E-state index is 11.4. The highest BCUT2D eigenvalue weighted by Crippen LogP contribution is 2.27. The van der Waals surface area contributed by atoms with Crippen LogP contribution < -0.4 is 5.32 Å². The Morgan fingerprint density at radius 1 is 1.63 bits per heavy atom. The van der Waals surface area contributed by atoms with E-state index in [1.54, 1.807) is 12.5 Å². The van der Waals surface area contributed by atoms with Gasteiger partial charge in [0, 0.05) is 25.5 Å². The first-order valence-electron chi connectivity index (χ1n) is 5.65. The third kappa shape index (κ3) is 3.68. The van der Waals surface area contributed by atoms with Crippen molar-refractivity contribution in [2.45, 2.75) is 13.0 Å². The molecule has 0 aliphatic heterocycles. The summed E-state index contributed by atoms with van der Waals surface area (Å²) in [7, 11) is 1.32.